The largest absolute Gasteiger partial charge is 0.443 e. The molecule has 1 N–H and O–H groups in total. The van der Waals surface area contributed by atoms with Gasteiger partial charge in [0.15, 0.2) is 5.58 Å². The average Bonchev–Trinajstić information content (AvgIpc) is 2.94. The van der Waals surface area contributed by atoms with Crippen molar-refractivity contribution in [3.8, 4) is 0 Å². The van der Waals surface area contributed by atoms with E-state index in [9.17, 15) is 4.79 Å². The van der Waals surface area contributed by atoms with E-state index in [0.29, 0.717) is 18.7 Å². The van der Waals surface area contributed by atoms with Crippen molar-refractivity contribution in [3.05, 3.63) is 23.9 Å². The Kier molecular flexibility index (Phi) is 3.04. The van der Waals surface area contributed by atoms with Crippen LogP contribution in [0.2, 0.25) is 0 Å². The van der Waals surface area contributed by atoms with Crippen molar-refractivity contribution in [1.82, 2.24) is 9.99 Å². The molecule has 2 heterocycles. The number of anilines is 1. The SMILES string of the molecule is Cc1noc2cc(N3C[C@H](CNCl)OC3=O)ccc12. The van der Waals surface area contributed by atoms with Crippen molar-refractivity contribution in [2.45, 2.75) is 13.0 Å². The predicted octanol–water partition coefficient (Wildman–Crippen LogP) is 2.20. The minimum atomic E-state index is -0.382. The lowest BCUT2D eigenvalue weighted by molar-refractivity contribution is 0.143. The Morgan fingerprint density at radius 2 is 2.42 bits per heavy atom. The van der Waals surface area contributed by atoms with E-state index in [1.807, 2.05) is 19.1 Å². The monoisotopic (exact) mass is 281 g/mol. The molecule has 100 valence electrons. The number of carbonyl (C=O) groups is 1. The molecule has 0 radical (unpaired) electrons. The van der Waals surface area contributed by atoms with Crippen LogP contribution in [0.25, 0.3) is 11.0 Å². The Balaban J connectivity index is 1.89. The minimum Gasteiger partial charge on any atom is -0.443 e. The number of amides is 1. The van der Waals surface area contributed by atoms with Crippen molar-refractivity contribution in [3.63, 3.8) is 0 Å². The van der Waals surface area contributed by atoms with Gasteiger partial charge in [-0.3, -0.25) is 4.90 Å². The second-order valence-electron chi connectivity index (χ2n) is 4.40. The number of rotatable bonds is 3. The Hall–Kier alpha value is -1.79. The molecular formula is C12H12ClN3O3. The first-order valence-corrected chi connectivity index (χ1v) is 6.24. The smallest absolute Gasteiger partial charge is 0.414 e. The van der Waals surface area contributed by atoms with Crippen LogP contribution in [0.1, 0.15) is 5.69 Å². The molecule has 1 atom stereocenters. The van der Waals surface area contributed by atoms with Crippen LogP contribution in [0.3, 0.4) is 0 Å². The van der Waals surface area contributed by atoms with Crippen molar-refractivity contribution in [2.75, 3.05) is 18.0 Å². The lowest BCUT2D eigenvalue weighted by atomic mass is 10.2. The molecule has 6 nitrogen and oxygen atoms in total. The molecule has 1 aliphatic rings. The van der Waals surface area contributed by atoms with Crippen molar-refractivity contribution in [2.24, 2.45) is 0 Å². The quantitative estimate of drug-likeness (QED) is 0.874. The van der Waals surface area contributed by atoms with Gasteiger partial charge in [-0.15, -0.1) is 0 Å². The minimum absolute atomic E-state index is 0.253. The number of fused-ring (bicyclic) bond motifs is 1. The van der Waals surface area contributed by atoms with E-state index in [-0.39, 0.29) is 12.2 Å². The van der Waals surface area contributed by atoms with Gasteiger partial charge in [0.25, 0.3) is 0 Å². The second kappa shape index (κ2) is 4.71. The zero-order valence-corrected chi connectivity index (χ0v) is 11.0. The van der Waals surface area contributed by atoms with Crippen molar-refractivity contribution in [1.29, 1.82) is 0 Å². The number of ether oxygens (including phenoxy) is 1. The van der Waals surface area contributed by atoms with E-state index in [4.69, 9.17) is 21.0 Å². The molecule has 0 saturated carbocycles. The number of cyclic esters (lactones) is 1. The molecule has 2 aromatic rings. The summed E-state index contributed by atoms with van der Waals surface area (Å²) < 4.78 is 10.4. The van der Waals surface area contributed by atoms with Gasteiger partial charge in [-0.1, -0.05) is 5.16 Å². The fourth-order valence-electron chi connectivity index (χ4n) is 2.14. The molecule has 0 unspecified atom stereocenters. The molecule has 1 aliphatic heterocycles. The van der Waals surface area contributed by atoms with Crippen LogP contribution in [0.4, 0.5) is 10.5 Å². The van der Waals surface area contributed by atoms with Crippen LogP contribution in [0, 0.1) is 6.92 Å². The Labute approximate surface area is 114 Å². The maximum Gasteiger partial charge on any atom is 0.414 e. The topological polar surface area (TPSA) is 67.6 Å². The number of aryl methyl sites for hydroxylation is 1. The summed E-state index contributed by atoms with van der Waals surface area (Å²) in [5.74, 6) is 0. The van der Waals surface area contributed by atoms with Crippen LogP contribution in [-0.2, 0) is 4.74 Å². The van der Waals surface area contributed by atoms with Crippen LogP contribution in [0.15, 0.2) is 22.7 Å². The summed E-state index contributed by atoms with van der Waals surface area (Å²) in [5.41, 5.74) is 2.21. The summed E-state index contributed by atoms with van der Waals surface area (Å²) in [5, 5.41) is 4.83. The number of hydrogen-bond donors (Lipinski definition) is 1. The summed E-state index contributed by atoms with van der Waals surface area (Å²) in [6.07, 6.45) is -0.635. The van der Waals surface area contributed by atoms with Gasteiger partial charge in [0, 0.05) is 18.0 Å². The molecule has 0 spiro atoms. The van der Waals surface area contributed by atoms with Gasteiger partial charge in [-0.2, -0.15) is 0 Å². The van der Waals surface area contributed by atoms with Gasteiger partial charge in [-0.25, -0.2) is 9.63 Å². The van der Waals surface area contributed by atoms with Gasteiger partial charge in [0.1, 0.15) is 6.10 Å². The first-order chi connectivity index (χ1) is 9.19. The zero-order chi connectivity index (χ0) is 13.4. The summed E-state index contributed by atoms with van der Waals surface area (Å²) >= 11 is 5.42. The van der Waals surface area contributed by atoms with Gasteiger partial charge in [0.2, 0.25) is 0 Å². The molecule has 1 amide bonds. The molecule has 1 aromatic carbocycles. The van der Waals surface area contributed by atoms with Crippen LogP contribution >= 0.6 is 11.8 Å². The van der Waals surface area contributed by atoms with E-state index in [0.717, 1.165) is 16.8 Å². The molecule has 1 aromatic heterocycles. The third-order valence-corrected chi connectivity index (χ3v) is 3.28. The third kappa shape index (κ3) is 2.13. The summed E-state index contributed by atoms with van der Waals surface area (Å²) in [4.78, 5) is 15.8. The summed E-state index contributed by atoms with van der Waals surface area (Å²) in [6.45, 7) is 2.74. The number of hydrogen-bond acceptors (Lipinski definition) is 5. The number of nitrogens with zero attached hydrogens (tertiary/aromatic N) is 2. The highest BCUT2D eigenvalue weighted by molar-refractivity contribution is 6.13. The molecule has 0 aliphatic carbocycles. The Bertz CT molecular complexity index is 628. The predicted molar refractivity (Wildman–Crippen MR) is 70.2 cm³/mol. The standard InChI is InChI=1S/C12H12ClN3O3/c1-7-10-3-2-8(4-11(10)19-15-7)16-6-9(5-14-13)18-12(16)17/h2-4,9,14H,5-6H2,1H3/t9-/m0/s1. The third-order valence-electron chi connectivity index (χ3n) is 3.13. The van der Waals surface area contributed by atoms with Crippen LogP contribution in [0.5, 0.6) is 0 Å². The maximum absolute atomic E-state index is 11.8. The van der Waals surface area contributed by atoms with Crippen LogP contribution < -0.4 is 9.74 Å². The Morgan fingerprint density at radius 1 is 1.58 bits per heavy atom. The van der Waals surface area contributed by atoms with E-state index >= 15 is 0 Å². The zero-order valence-electron chi connectivity index (χ0n) is 10.2. The highest BCUT2D eigenvalue weighted by Gasteiger charge is 2.32. The molecule has 1 saturated heterocycles. The van der Waals surface area contributed by atoms with Gasteiger partial charge >= 0.3 is 6.09 Å². The van der Waals surface area contributed by atoms with Gasteiger partial charge in [0.05, 0.1) is 17.9 Å². The second-order valence-corrected chi connectivity index (χ2v) is 4.67. The lowest BCUT2D eigenvalue weighted by Crippen LogP contribution is -2.27. The highest BCUT2D eigenvalue weighted by Crippen LogP contribution is 2.27. The van der Waals surface area contributed by atoms with Gasteiger partial charge < -0.3 is 9.26 Å². The molecule has 19 heavy (non-hydrogen) atoms. The lowest BCUT2D eigenvalue weighted by Gasteiger charge is -2.12. The van der Waals surface area contributed by atoms with Crippen molar-refractivity contribution < 1.29 is 14.1 Å². The fourth-order valence-corrected chi connectivity index (χ4v) is 2.32. The molecule has 1 fully saturated rings. The maximum atomic E-state index is 11.8. The number of nitrogens with one attached hydrogen (secondary N) is 1. The highest BCUT2D eigenvalue weighted by atomic mass is 35.5. The van der Waals surface area contributed by atoms with Crippen molar-refractivity contribution >= 4 is 34.5 Å². The summed E-state index contributed by atoms with van der Waals surface area (Å²) in [6, 6.07) is 5.52. The first-order valence-electron chi connectivity index (χ1n) is 5.86. The summed E-state index contributed by atoms with van der Waals surface area (Å²) in [7, 11) is 0. The molecule has 0 bridgehead atoms. The van der Waals surface area contributed by atoms with Crippen LogP contribution in [-0.4, -0.2) is 30.4 Å². The molecule has 3 rings (SSSR count). The number of carbonyl (C=O) groups excluding carboxylic acids is 1. The first kappa shape index (κ1) is 12.3. The number of benzene rings is 1. The fraction of sp³-hybridized carbons (Fsp3) is 0.333. The van der Waals surface area contributed by atoms with E-state index in [1.54, 1.807) is 11.0 Å². The number of halogens is 1. The van der Waals surface area contributed by atoms with E-state index in [1.165, 1.54) is 0 Å². The molecule has 7 heteroatoms. The molecular weight excluding hydrogens is 270 g/mol. The number of aromatic nitrogens is 1. The van der Waals surface area contributed by atoms with E-state index in [2.05, 4.69) is 9.99 Å². The normalized spacial score (nSPS) is 19.2. The van der Waals surface area contributed by atoms with E-state index < -0.39 is 0 Å². The van der Waals surface area contributed by atoms with Gasteiger partial charge in [-0.05, 0) is 30.8 Å². The average molecular weight is 282 g/mol. The Morgan fingerprint density at radius 3 is 3.21 bits per heavy atom.